The van der Waals surface area contributed by atoms with Crippen LogP contribution in [0.25, 0.3) is 0 Å². The maximum Gasteiger partial charge on any atom is 0.255 e. The number of ether oxygens (including phenoxy) is 2. The molecular formula is C18H18ClFN2O4. The summed E-state index contributed by atoms with van der Waals surface area (Å²) in [6, 6.07) is 6.71. The molecule has 0 fully saturated rings. The Morgan fingerprint density at radius 2 is 1.92 bits per heavy atom. The van der Waals surface area contributed by atoms with Crippen molar-refractivity contribution in [3.05, 3.63) is 46.7 Å². The molecule has 0 spiro atoms. The zero-order valence-electron chi connectivity index (χ0n) is 14.5. The van der Waals surface area contributed by atoms with E-state index in [0.717, 1.165) is 6.07 Å². The van der Waals surface area contributed by atoms with Gasteiger partial charge in [0.1, 0.15) is 5.82 Å². The highest BCUT2D eigenvalue weighted by Gasteiger charge is 2.17. The van der Waals surface area contributed by atoms with Crippen LogP contribution in [0.1, 0.15) is 24.2 Å². The molecule has 2 aromatic carbocycles. The lowest BCUT2D eigenvalue weighted by Crippen LogP contribution is -2.14. The van der Waals surface area contributed by atoms with E-state index in [1.807, 2.05) is 0 Å². The molecule has 0 aliphatic carbocycles. The maximum absolute atomic E-state index is 14.0. The Balaban J connectivity index is 2.30. The predicted molar refractivity (Wildman–Crippen MR) is 97.8 cm³/mol. The highest BCUT2D eigenvalue weighted by Crippen LogP contribution is 2.36. The van der Waals surface area contributed by atoms with Crippen molar-refractivity contribution in [2.45, 2.75) is 13.8 Å². The molecule has 2 amide bonds. The number of amides is 2. The second-order valence-electron chi connectivity index (χ2n) is 5.25. The largest absolute Gasteiger partial charge is 0.493 e. The van der Waals surface area contributed by atoms with Crippen molar-refractivity contribution in [1.29, 1.82) is 0 Å². The topological polar surface area (TPSA) is 76.7 Å². The van der Waals surface area contributed by atoms with Gasteiger partial charge in [0.15, 0.2) is 11.5 Å². The van der Waals surface area contributed by atoms with Crippen molar-refractivity contribution in [1.82, 2.24) is 0 Å². The Morgan fingerprint density at radius 3 is 2.54 bits per heavy atom. The van der Waals surface area contributed by atoms with Crippen molar-refractivity contribution in [3.63, 3.8) is 0 Å². The number of hydrogen-bond donors (Lipinski definition) is 2. The standard InChI is InChI=1S/C18H18ClFN2O4/c1-4-26-17-13(19)7-11(8-16(17)25-3)18(24)22-15-9-12(21-10(2)23)5-6-14(15)20/h5-9H,4H2,1-3H3,(H,21,23)(H,22,24). The van der Waals surface area contributed by atoms with Crippen LogP contribution in [0.5, 0.6) is 11.5 Å². The Morgan fingerprint density at radius 1 is 1.19 bits per heavy atom. The molecule has 0 aliphatic heterocycles. The van der Waals surface area contributed by atoms with Gasteiger partial charge in [-0.2, -0.15) is 0 Å². The molecule has 0 atom stereocenters. The number of rotatable bonds is 6. The van der Waals surface area contributed by atoms with E-state index in [1.165, 1.54) is 38.3 Å². The minimum absolute atomic E-state index is 0.0785. The average molecular weight is 381 g/mol. The summed E-state index contributed by atoms with van der Waals surface area (Å²) in [6.45, 7) is 3.50. The molecule has 26 heavy (non-hydrogen) atoms. The number of carbonyl (C=O) groups is 2. The monoisotopic (exact) mass is 380 g/mol. The molecule has 2 rings (SSSR count). The lowest BCUT2D eigenvalue weighted by molar-refractivity contribution is -0.114. The number of carbonyl (C=O) groups excluding carboxylic acids is 2. The number of methoxy groups -OCH3 is 1. The van der Waals surface area contributed by atoms with Crippen molar-refractivity contribution in [3.8, 4) is 11.5 Å². The molecule has 0 aromatic heterocycles. The van der Waals surface area contributed by atoms with Gasteiger partial charge in [-0.05, 0) is 37.3 Å². The number of benzene rings is 2. The maximum atomic E-state index is 14.0. The van der Waals surface area contributed by atoms with Crippen molar-refractivity contribution < 1.29 is 23.5 Å². The fourth-order valence-electron chi connectivity index (χ4n) is 2.23. The second-order valence-corrected chi connectivity index (χ2v) is 5.66. The molecule has 138 valence electrons. The van der Waals surface area contributed by atoms with Gasteiger partial charge in [-0.25, -0.2) is 4.39 Å². The molecule has 8 heteroatoms. The number of anilines is 2. The molecule has 0 heterocycles. The minimum atomic E-state index is -0.642. The van der Waals surface area contributed by atoms with Crippen LogP contribution in [0.4, 0.5) is 15.8 Å². The first kappa shape index (κ1) is 19.5. The summed E-state index contributed by atoms with van der Waals surface area (Å²) in [4.78, 5) is 23.6. The van der Waals surface area contributed by atoms with E-state index in [4.69, 9.17) is 21.1 Å². The lowest BCUT2D eigenvalue weighted by Gasteiger charge is -2.14. The molecule has 0 unspecified atom stereocenters. The summed E-state index contributed by atoms with van der Waals surface area (Å²) in [7, 11) is 1.42. The molecule has 0 bridgehead atoms. The Kier molecular flexibility index (Phi) is 6.41. The van der Waals surface area contributed by atoms with E-state index in [-0.39, 0.29) is 27.9 Å². The average Bonchev–Trinajstić information content (AvgIpc) is 2.59. The van der Waals surface area contributed by atoms with Gasteiger partial charge in [0.25, 0.3) is 5.91 Å². The summed E-state index contributed by atoms with van der Waals surface area (Å²) in [5.41, 5.74) is 0.446. The Hall–Kier alpha value is -2.80. The fourth-order valence-corrected chi connectivity index (χ4v) is 2.50. The number of nitrogens with one attached hydrogen (secondary N) is 2. The third-order valence-corrected chi connectivity index (χ3v) is 3.60. The summed E-state index contributed by atoms with van der Waals surface area (Å²) in [5, 5.41) is 5.17. The van der Waals surface area contributed by atoms with E-state index in [1.54, 1.807) is 6.92 Å². The van der Waals surface area contributed by atoms with Crippen LogP contribution in [0, 0.1) is 5.82 Å². The van der Waals surface area contributed by atoms with E-state index < -0.39 is 11.7 Å². The van der Waals surface area contributed by atoms with E-state index in [2.05, 4.69) is 10.6 Å². The first-order valence-corrected chi connectivity index (χ1v) is 8.12. The van der Waals surface area contributed by atoms with Gasteiger partial charge in [-0.15, -0.1) is 0 Å². The van der Waals surface area contributed by atoms with Crippen LogP contribution < -0.4 is 20.1 Å². The lowest BCUT2D eigenvalue weighted by atomic mass is 10.1. The van der Waals surface area contributed by atoms with E-state index >= 15 is 0 Å². The highest BCUT2D eigenvalue weighted by atomic mass is 35.5. The van der Waals surface area contributed by atoms with Gasteiger partial charge < -0.3 is 20.1 Å². The quantitative estimate of drug-likeness (QED) is 0.791. The minimum Gasteiger partial charge on any atom is -0.493 e. The van der Waals surface area contributed by atoms with Crippen molar-refractivity contribution >= 4 is 34.8 Å². The molecular weight excluding hydrogens is 363 g/mol. The zero-order valence-corrected chi connectivity index (χ0v) is 15.2. The summed E-state index contributed by atoms with van der Waals surface area (Å²) in [5.74, 6) is -0.926. The fraction of sp³-hybridized carbons (Fsp3) is 0.222. The molecule has 6 nitrogen and oxygen atoms in total. The van der Waals surface area contributed by atoms with Crippen LogP contribution >= 0.6 is 11.6 Å². The van der Waals surface area contributed by atoms with Gasteiger partial charge in [-0.1, -0.05) is 11.6 Å². The first-order chi connectivity index (χ1) is 12.3. The van der Waals surface area contributed by atoms with Crippen LogP contribution in [-0.2, 0) is 4.79 Å². The SMILES string of the molecule is CCOc1c(Cl)cc(C(=O)Nc2cc(NC(C)=O)ccc2F)cc1OC. The highest BCUT2D eigenvalue weighted by molar-refractivity contribution is 6.32. The van der Waals surface area contributed by atoms with Crippen molar-refractivity contribution in [2.24, 2.45) is 0 Å². The molecule has 0 aliphatic rings. The number of halogens is 2. The van der Waals surface area contributed by atoms with Gasteiger partial charge >= 0.3 is 0 Å². The normalized spacial score (nSPS) is 10.2. The smallest absolute Gasteiger partial charge is 0.255 e. The molecule has 0 radical (unpaired) electrons. The molecule has 2 aromatic rings. The van der Waals surface area contributed by atoms with Gasteiger partial charge in [0, 0.05) is 18.2 Å². The Labute approximate surface area is 155 Å². The third-order valence-electron chi connectivity index (χ3n) is 3.32. The van der Waals surface area contributed by atoms with Crippen molar-refractivity contribution in [2.75, 3.05) is 24.4 Å². The van der Waals surface area contributed by atoms with Gasteiger partial charge in [0.2, 0.25) is 5.91 Å². The summed E-state index contributed by atoms with van der Waals surface area (Å²) < 4.78 is 24.6. The Bertz CT molecular complexity index is 842. The second kappa shape index (κ2) is 8.53. The van der Waals surface area contributed by atoms with Crippen LogP contribution in [0.3, 0.4) is 0 Å². The summed E-state index contributed by atoms with van der Waals surface area (Å²) in [6.07, 6.45) is 0. The van der Waals surface area contributed by atoms with Gasteiger partial charge in [-0.3, -0.25) is 9.59 Å². The molecule has 2 N–H and O–H groups in total. The third kappa shape index (κ3) is 4.64. The van der Waals surface area contributed by atoms with Crippen LogP contribution in [0.15, 0.2) is 30.3 Å². The van der Waals surface area contributed by atoms with Crippen LogP contribution in [0.2, 0.25) is 5.02 Å². The van der Waals surface area contributed by atoms with Crippen LogP contribution in [-0.4, -0.2) is 25.5 Å². The van der Waals surface area contributed by atoms with E-state index in [0.29, 0.717) is 18.0 Å². The zero-order chi connectivity index (χ0) is 19.3. The number of hydrogen-bond acceptors (Lipinski definition) is 4. The first-order valence-electron chi connectivity index (χ1n) is 7.74. The molecule has 0 saturated carbocycles. The molecule has 0 saturated heterocycles. The predicted octanol–water partition coefficient (Wildman–Crippen LogP) is 4.10. The van der Waals surface area contributed by atoms with Gasteiger partial charge in [0.05, 0.1) is 24.4 Å². The van der Waals surface area contributed by atoms with E-state index in [9.17, 15) is 14.0 Å². The summed E-state index contributed by atoms with van der Waals surface area (Å²) >= 11 is 6.15.